The monoisotopic (exact) mass is 241 g/mol. The maximum absolute atomic E-state index is 12.1. The summed E-state index contributed by atoms with van der Waals surface area (Å²) in [6.45, 7) is 3.26. The van der Waals surface area contributed by atoms with Gasteiger partial charge in [0.25, 0.3) is 0 Å². The third-order valence-electron chi connectivity index (χ3n) is 3.56. The molecule has 6 heteroatoms. The minimum Gasteiger partial charge on any atom is -0.480 e. The van der Waals surface area contributed by atoms with Crippen molar-refractivity contribution in [2.45, 2.75) is 24.9 Å². The average Bonchev–Trinajstić information content (AvgIpc) is 2.78. The van der Waals surface area contributed by atoms with Gasteiger partial charge in [-0.1, -0.05) is 0 Å². The lowest BCUT2D eigenvalue weighted by molar-refractivity contribution is -0.139. The van der Waals surface area contributed by atoms with Crippen LogP contribution in [0, 0.1) is 0 Å². The number of carbonyl (C=O) groups excluding carboxylic acids is 1. The predicted octanol–water partition coefficient (Wildman–Crippen LogP) is -1.03. The number of likely N-dealkylation sites (N-methyl/N-ethyl adjacent to an activating group) is 1. The fourth-order valence-corrected chi connectivity index (χ4v) is 2.38. The maximum atomic E-state index is 12.1. The van der Waals surface area contributed by atoms with E-state index < -0.39 is 12.0 Å². The molecule has 0 aromatic heterocycles. The molecule has 2 rings (SSSR count). The van der Waals surface area contributed by atoms with Crippen molar-refractivity contribution in [3.8, 4) is 0 Å². The Balaban J connectivity index is 1.86. The molecule has 0 bridgehead atoms. The van der Waals surface area contributed by atoms with Crippen LogP contribution < -0.4 is 5.32 Å². The Morgan fingerprint density at radius 2 is 1.71 bits per heavy atom. The third-order valence-corrected chi connectivity index (χ3v) is 3.56. The van der Waals surface area contributed by atoms with Crippen LogP contribution in [0.1, 0.15) is 12.8 Å². The van der Waals surface area contributed by atoms with Crippen LogP contribution in [-0.4, -0.2) is 72.1 Å². The second kappa shape index (κ2) is 5.01. The van der Waals surface area contributed by atoms with Crippen LogP contribution in [0.4, 0.5) is 0 Å². The second-order valence-corrected chi connectivity index (χ2v) is 4.82. The first-order valence-electron chi connectivity index (χ1n) is 6.04. The predicted molar refractivity (Wildman–Crippen MR) is 61.7 cm³/mol. The lowest BCUT2D eigenvalue weighted by Crippen LogP contribution is -2.53. The van der Waals surface area contributed by atoms with Crippen LogP contribution >= 0.6 is 0 Å². The first-order chi connectivity index (χ1) is 8.08. The van der Waals surface area contributed by atoms with Gasteiger partial charge in [-0.3, -0.25) is 14.9 Å². The molecule has 0 unspecified atom stereocenters. The van der Waals surface area contributed by atoms with E-state index in [2.05, 4.69) is 10.2 Å². The second-order valence-electron chi connectivity index (χ2n) is 4.82. The van der Waals surface area contributed by atoms with Crippen molar-refractivity contribution in [2.24, 2.45) is 0 Å². The van der Waals surface area contributed by atoms with E-state index in [1.165, 1.54) is 0 Å². The molecule has 0 aromatic rings. The summed E-state index contributed by atoms with van der Waals surface area (Å²) in [7, 11) is 2.04. The Morgan fingerprint density at radius 1 is 1.12 bits per heavy atom. The Hall–Kier alpha value is -1.14. The van der Waals surface area contributed by atoms with E-state index in [1.54, 1.807) is 0 Å². The van der Waals surface area contributed by atoms with E-state index in [4.69, 9.17) is 5.11 Å². The van der Waals surface area contributed by atoms with Gasteiger partial charge in [-0.25, -0.2) is 0 Å². The number of carbonyl (C=O) groups is 2. The smallest absolute Gasteiger partial charge is 0.320 e. The van der Waals surface area contributed by atoms with Gasteiger partial charge in [0.2, 0.25) is 5.91 Å². The van der Waals surface area contributed by atoms with E-state index in [9.17, 15) is 9.59 Å². The van der Waals surface area contributed by atoms with Gasteiger partial charge in [0, 0.05) is 26.2 Å². The summed E-state index contributed by atoms with van der Waals surface area (Å²) >= 11 is 0. The molecular formula is C11H19N3O3. The van der Waals surface area contributed by atoms with Crippen LogP contribution in [0.3, 0.4) is 0 Å². The molecule has 6 nitrogen and oxygen atoms in total. The van der Waals surface area contributed by atoms with Crippen molar-refractivity contribution in [3.63, 3.8) is 0 Å². The summed E-state index contributed by atoms with van der Waals surface area (Å²) < 4.78 is 0. The highest BCUT2D eigenvalue weighted by molar-refractivity contribution is 5.84. The van der Waals surface area contributed by atoms with Gasteiger partial charge >= 0.3 is 5.97 Å². The largest absolute Gasteiger partial charge is 0.480 e. The van der Waals surface area contributed by atoms with Gasteiger partial charge in [0.15, 0.2) is 0 Å². The summed E-state index contributed by atoms with van der Waals surface area (Å²) in [5, 5.41) is 11.8. The molecule has 0 aromatic carbocycles. The summed E-state index contributed by atoms with van der Waals surface area (Å²) in [5.41, 5.74) is 0. The van der Waals surface area contributed by atoms with Crippen molar-refractivity contribution < 1.29 is 14.7 Å². The van der Waals surface area contributed by atoms with Gasteiger partial charge in [0.05, 0.1) is 6.04 Å². The number of carboxylic acids is 1. The highest BCUT2D eigenvalue weighted by Crippen LogP contribution is 2.15. The maximum Gasteiger partial charge on any atom is 0.320 e. The number of aliphatic carboxylic acids is 1. The molecule has 2 heterocycles. The molecule has 2 N–H and O–H groups in total. The molecule has 2 saturated heterocycles. The van der Waals surface area contributed by atoms with Crippen LogP contribution in [0.5, 0.6) is 0 Å². The molecule has 0 saturated carbocycles. The van der Waals surface area contributed by atoms with E-state index in [0.717, 1.165) is 26.2 Å². The van der Waals surface area contributed by atoms with Crippen molar-refractivity contribution in [1.29, 1.82) is 0 Å². The Bertz CT molecular complexity index is 313. The zero-order valence-corrected chi connectivity index (χ0v) is 10.1. The number of piperazine rings is 1. The summed E-state index contributed by atoms with van der Waals surface area (Å²) in [6, 6.07) is -0.865. The van der Waals surface area contributed by atoms with Crippen molar-refractivity contribution in [1.82, 2.24) is 15.1 Å². The van der Waals surface area contributed by atoms with Gasteiger partial charge in [-0.15, -0.1) is 0 Å². The first kappa shape index (κ1) is 12.3. The van der Waals surface area contributed by atoms with Gasteiger partial charge in [-0.05, 0) is 19.9 Å². The lowest BCUT2D eigenvalue weighted by atomic mass is 10.1. The molecule has 2 atom stereocenters. The number of carboxylic acid groups (broad SMARTS) is 1. The highest BCUT2D eigenvalue weighted by atomic mass is 16.4. The molecule has 2 aliphatic heterocycles. The fraction of sp³-hybridized carbons (Fsp3) is 0.818. The molecule has 96 valence electrons. The molecule has 0 radical (unpaired) electrons. The fourth-order valence-electron chi connectivity index (χ4n) is 2.38. The average molecular weight is 241 g/mol. The Labute approximate surface area is 101 Å². The molecule has 2 fully saturated rings. The summed E-state index contributed by atoms with van der Waals surface area (Å²) in [5.74, 6) is -0.805. The summed E-state index contributed by atoms with van der Waals surface area (Å²) in [6.07, 6.45) is 1.17. The van der Waals surface area contributed by atoms with Gasteiger partial charge in [-0.2, -0.15) is 0 Å². The number of amides is 1. The number of nitrogens with one attached hydrogen (secondary N) is 1. The van der Waals surface area contributed by atoms with Crippen LogP contribution in [0.15, 0.2) is 0 Å². The quantitative estimate of drug-likeness (QED) is 0.646. The minimum atomic E-state index is -0.862. The number of hydrogen-bond donors (Lipinski definition) is 2. The Morgan fingerprint density at radius 3 is 2.24 bits per heavy atom. The molecule has 1 amide bonds. The molecule has 0 spiro atoms. The normalized spacial score (nSPS) is 30.5. The zero-order valence-electron chi connectivity index (χ0n) is 10.1. The summed E-state index contributed by atoms with van der Waals surface area (Å²) in [4.78, 5) is 26.9. The minimum absolute atomic E-state index is 0.0573. The van der Waals surface area contributed by atoms with Crippen LogP contribution in [0.2, 0.25) is 0 Å². The van der Waals surface area contributed by atoms with Crippen molar-refractivity contribution >= 4 is 11.9 Å². The van der Waals surface area contributed by atoms with Crippen LogP contribution in [0.25, 0.3) is 0 Å². The van der Waals surface area contributed by atoms with Crippen molar-refractivity contribution in [2.75, 3.05) is 33.2 Å². The highest BCUT2D eigenvalue weighted by Gasteiger charge is 2.35. The van der Waals surface area contributed by atoms with Crippen molar-refractivity contribution in [3.05, 3.63) is 0 Å². The van der Waals surface area contributed by atoms with E-state index in [1.807, 2.05) is 11.9 Å². The topological polar surface area (TPSA) is 72.9 Å². The number of hydrogen-bond acceptors (Lipinski definition) is 4. The molecular weight excluding hydrogens is 222 g/mol. The van der Waals surface area contributed by atoms with Gasteiger partial charge < -0.3 is 14.9 Å². The number of nitrogens with zero attached hydrogens (tertiary/aromatic N) is 2. The number of rotatable bonds is 2. The van der Waals surface area contributed by atoms with E-state index >= 15 is 0 Å². The van der Waals surface area contributed by atoms with Crippen LogP contribution in [-0.2, 0) is 9.59 Å². The Kier molecular flexibility index (Phi) is 3.63. The first-order valence-corrected chi connectivity index (χ1v) is 6.04. The SMILES string of the molecule is CN1CCN(C(=O)[C@@H]2CC[C@@H](C(=O)O)N2)CC1. The molecule has 0 aliphatic carbocycles. The lowest BCUT2D eigenvalue weighted by Gasteiger charge is -2.34. The standard InChI is InChI=1S/C11H19N3O3/c1-13-4-6-14(7-5-13)10(15)8-2-3-9(12-8)11(16)17/h8-9,12H,2-7H2,1H3,(H,16,17)/t8-,9-/m0/s1. The molecule has 2 aliphatic rings. The van der Waals surface area contributed by atoms with E-state index in [0.29, 0.717) is 12.8 Å². The third kappa shape index (κ3) is 2.76. The van der Waals surface area contributed by atoms with Gasteiger partial charge in [0.1, 0.15) is 6.04 Å². The van der Waals surface area contributed by atoms with E-state index in [-0.39, 0.29) is 11.9 Å². The molecule has 17 heavy (non-hydrogen) atoms. The zero-order chi connectivity index (χ0) is 12.4.